The van der Waals surface area contributed by atoms with Gasteiger partial charge >= 0.3 is 6.03 Å². The van der Waals surface area contributed by atoms with E-state index in [2.05, 4.69) is 10.6 Å². The van der Waals surface area contributed by atoms with Crippen LogP contribution in [0.3, 0.4) is 0 Å². The smallest absolute Gasteiger partial charge is 0.319 e. The van der Waals surface area contributed by atoms with E-state index in [1.807, 2.05) is 45.0 Å². The number of hydrogen-bond acceptors (Lipinski definition) is 3. The van der Waals surface area contributed by atoms with Gasteiger partial charge in [-0.2, -0.15) is 0 Å². The lowest BCUT2D eigenvalue weighted by Crippen LogP contribution is -2.37. The van der Waals surface area contributed by atoms with E-state index in [1.54, 1.807) is 0 Å². The van der Waals surface area contributed by atoms with Gasteiger partial charge in [-0.25, -0.2) is 4.79 Å². The van der Waals surface area contributed by atoms with E-state index in [4.69, 9.17) is 9.84 Å². The Kier molecular flexibility index (Phi) is 7.02. The average Bonchev–Trinajstić information content (AvgIpc) is 2.44. The van der Waals surface area contributed by atoms with Gasteiger partial charge in [-0.05, 0) is 30.4 Å². The fraction of sp³-hybridized carbons (Fsp3) is 0.562. The van der Waals surface area contributed by atoms with Crippen LogP contribution >= 0.6 is 0 Å². The van der Waals surface area contributed by atoms with Crippen molar-refractivity contribution in [2.24, 2.45) is 5.41 Å². The van der Waals surface area contributed by atoms with Crippen molar-refractivity contribution in [1.82, 2.24) is 5.32 Å². The molecule has 0 radical (unpaired) electrons. The molecule has 2 amide bonds. The Bertz CT molecular complexity index is 447. The summed E-state index contributed by atoms with van der Waals surface area (Å²) < 4.78 is 5.60. The standard InChI is InChI=1S/C16H26N2O3/c1-4-11-21-14-8-6-5-7-13(14)18-15(20)17-12-16(2,3)9-10-19/h5-8,19H,4,9-12H2,1-3H3,(H2,17,18,20). The van der Waals surface area contributed by atoms with Crippen LogP contribution in [0.15, 0.2) is 24.3 Å². The Hall–Kier alpha value is -1.75. The lowest BCUT2D eigenvalue weighted by Gasteiger charge is -2.24. The number of benzene rings is 1. The highest BCUT2D eigenvalue weighted by Crippen LogP contribution is 2.24. The average molecular weight is 294 g/mol. The summed E-state index contributed by atoms with van der Waals surface area (Å²) >= 11 is 0. The van der Waals surface area contributed by atoms with Gasteiger partial charge in [-0.3, -0.25) is 0 Å². The molecule has 0 aliphatic rings. The lowest BCUT2D eigenvalue weighted by atomic mass is 9.90. The highest BCUT2D eigenvalue weighted by Gasteiger charge is 2.18. The van der Waals surface area contributed by atoms with Crippen molar-refractivity contribution in [3.05, 3.63) is 24.3 Å². The number of nitrogens with one attached hydrogen (secondary N) is 2. The molecule has 0 saturated carbocycles. The number of para-hydroxylation sites is 2. The second-order valence-electron chi connectivity index (χ2n) is 5.79. The van der Waals surface area contributed by atoms with Crippen molar-refractivity contribution in [3.8, 4) is 5.75 Å². The van der Waals surface area contributed by atoms with Gasteiger partial charge in [-0.15, -0.1) is 0 Å². The molecule has 0 heterocycles. The largest absolute Gasteiger partial charge is 0.491 e. The summed E-state index contributed by atoms with van der Waals surface area (Å²) in [6.07, 6.45) is 1.55. The van der Waals surface area contributed by atoms with Gasteiger partial charge in [0.05, 0.1) is 12.3 Å². The Morgan fingerprint density at radius 2 is 2.05 bits per heavy atom. The molecule has 21 heavy (non-hydrogen) atoms. The number of amides is 2. The monoisotopic (exact) mass is 294 g/mol. The van der Waals surface area contributed by atoms with E-state index in [-0.39, 0.29) is 18.1 Å². The first-order valence-electron chi connectivity index (χ1n) is 7.36. The maximum absolute atomic E-state index is 11.9. The molecular formula is C16H26N2O3. The number of aliphatic hydroxyl groups is 1. The minimum absolute atomic E-state index is 0.115. The number of carbonyl (C=O) groups excluding carboxylic acids is 1. The van der Waals surface area contributed by atoms with Crippen molar-refractivity contribution < 1.29 is 14.6 Å². The SMILES string of the molecule is CCCOc1ccccc1NC(=O)NCC(C)(C)CCO. The number of rotatable bonds is 8. The predicted octanol–water partition coefficient (Wildman–Crippen LogP) is 3.01. The fourth-order valence-corrected chi connectivity index (χ4v) is 1.78. The van der Waals surface area contributed by atoms with Crippen molar-refractivity contribution in [1.29, 1.82) is 0 Å². The minimum Gasteiger partial charge on any atom is -0.491 e. The summed E-state index contributed by atoms with van der Waals surface area (Å²) in [6.45, 7) is 7.26. The number of hydrogen-bond donors (Lipinski definition) is 3. The molecule has 5 heteroatoms. The third kappa shape index (κ3) is 6.49. The van der Waals surface area contributed by atoms with Crippen molar-refractivity contribution >= 4 is 11.7 Å². The maximum Gasteiger partial charge on any atom is 0.319 e. The quantitative estimate of drug-likeness (QED) is 0.690. The van der Waals surface area contributed by atoms with Gasteiger partial charge in [0, 0.05) is 13.2 Å². The molecule has 0 spiro atoms. The molecular weight excluding hydrogens is 268 g/mol. The van der Waals surface area contributed by atoms with Gasteiger partial charge in [0.15, 0.2) is 0 Å². The van der Waals surface area contributed by atoms with E-state index in [0.29, 0.717) is 31.0 Å². The Morgan fingerprint density at radius 3 is 2.71 bits per heavy atom. The molecule has 118 valence electrons. The van der Waals surface area contributed by atoms with E-state index < -0.39 is 0 Å². The van der Waals surface area contributed by atoms with Gasteiger partial charge in [-0.1, -0.05) is 32.9 Å². The third-order valence-electron chi connectivity index (χ3n) is 3.11. The van der Waals surface area contributed by atoms with E-state index >= 15 is 0 Å². The fourth-order valence-electron chi connectivity index (χ4n) is 1.78. The first-order valence-corrected chi connectivity index (χ1v) is 7.36. The molecule has 0 unspecified atom stereocenters. The summed E-state index contributed by atoms with van der Waals surface area (Å²) in [5.74, 6) is 0.670. The topological polar surface area (TPSA) is 70.6 Å². The van der Waals surface area contributed by atoms with Crippen LogP contribution < -0.4 is 15.4 Å². The Labute approximate surface area is 126 Å². The lowest BCUT2D eigenvalue weighted by molar-refractivity contribution is 0.204. The molecule has 0 fully saturated rings. The van der Waals surface area contributed by atoms with Crippen LogP contribution in [0, 0.1) is 5.41 Å². The molecule has 0 bridgehead atoms. The first-order chi connectivity index (χ1) is 9.98. The van der Waals surface area contributed by atoms with Crippen molar-refractivity contribution in [2.75, 3.05) is 25.1 Å². The van der Waals surface area contributed by atoms with E-state index in [9.17, 15) is 4.79 Å². The van der Waals surface area contributed by atoms with Crippen LogP contribution in [-0.4, -0.2) is 30.9 Å². The number of carbonyl (C=O) groups is 1. The van der Waals surface area contributed by atoms with Gasteiger partial charge < -0.3 is 20.5 Å². The molecule has 0 aromatic heterocycles. The summed E-state index contributed by atoms with van der Waals surface area (Å²) in [7, 11) is 0. The Morgan fingerprint density at radius 1 is 1.33 bits per heavy atom. The molecule has 3 N–H and O–H groups in total. The van der Waals surface area contributed by atoms with Gasteiger partial charge in [0.2, 0.25) is 0 Å². The van der Waals surface area contributed by atoms with Crippen LogP contribution in [0.25, 0.3) is 0 Å². The number of anilines is 1. The zero-order valence-electron chi connectivity index (χ0n) is 13.1. The summed E-state index contributed by atoms with van der Waals surface area (Å²) in [5, 5.41) is 14.6. The number of aliphatic hydroxyl groups excluding tert-OH is 1. The molecule has 0 aliphatic carbocycles. The van der Waals surface area contributed by atoms with Gasteiger partial charge in [0.25, 0.3) is 0 Å². The minimum atomic E-state index is -0.270. The third-order valence-corrected chi connectivity index (χ3v) is 3.11. The summed E-state index contributed by atoms with van der Waals surface area (Å²) in [6, 6.07) is 7.10. The number of urea groups is 1. The normalized spacial score (nSPS) is 11.0. The zero-order valence-corrected chi connectivity index (χ0v) is 13.1. The summed E-state index contributed by atoms with van der Waals surface area (Å²) in [4.78, 5) is 11.9. The maximum atomic E-state index is 11.9. The molecule has 0 aliphatic heterocycles. The molecule has 0 saturated heterocycles. The Balaban J connectivity index is 2.55. The molecule has 0 atom stereocenters. The molecule has 1 rings (SSSR count). The molecule has 1 aromatic rings. The van der Waals surface area contributed by atoms with Gasteiger partial charge in [0.1, 0.15) is 5.75 Å². The van der Waals surface area contributed by atoms with Crippen LogP contribution in [-0.2, 0) is 0 Å². The highest BCUT2D eigenvalue weighted by atomic mass is 16.5. The summed E-state index contributed by atoms with van der Waals surface area (Å²) in [5.41, 5.74) is 0.521. The second kappa shape index (κ2) is 8.52. The van der Waals surface area contributed by atoms with Crippen LogP contribution in [0.4, 0.5) is 10.5 Å². The molecule has 5 nitrogen and oxygen atoms in total. The first kappa shape index (κ1) is 17.3. The number of ether oxygens (including phenoxy) is 1. The van der Waals surface area contributed by atoms with Crippen LogP contribution in [0.5, 0.6) is 5.75 Å². The van der Waals surface area contributed by atoms with Crippen molar-refractivity contribution in [3.63, 3.8) is 0 Å². The second-order valence-corrected chi connectivity index (χ2v) is 5.79. The van der Waals surface area contributed by atoms with E-state index in [1.165, 1.54) is 0 Å². The predicted molar refractivity (Wildman–Crippen MR) is 84.7 cm³/mol. The van der Waals surface area contributed by atoms with Crippen LogP contribution in [0.2, 0.25) is 0 Å². The van der Waals surface area contributed by atoms with E-state index in [0.717, 1.165) is 6.42 Å². The zero-order chi connectivity index (χ0) is 15.7. The highest BCUT2D eigenvalue weighted by molar-refractivity contribution is 5.90. The van der Waals surface area contributed by atoms with Crippen molar-refractivity contribution in [2.45, 2.75) is 33.6 Å². The van der Waals surface area contributed by atoms with Crippen LogP contribution in [0.1, 0.15) is 33.6 Å². The molecule has 1 aromatic carbocycles.